The summed E-state index contributed by atoms with van der Waals surface area (Å²) in [5.74, 6) is 0. The normalized spacial score (nSPS) is 13.0. The Balaban J connectivity index is 1.20. The van der Waals surface area contributed by atoms with Gasteiger partial charge in [0, 0.05) is 27.0 Å². The van der Waals surface area contributed by atoms with Crippen molar-refractivity contribution in [1.29, 1.82) is 5.26 Å². The van der Waals surface area contributed by atoms with Crippen LogP contribution in [0, 0.1) is 17.9 Å². The third-order valence-corrected chi connectivity index (χ3v) is 11.9. The Hall–Kier alpha value is -7.40. The second-order valence-electron chi connectivity index (χ2n) is 15.1. The van der Waals surface area contributed by atoms with Crippen LogP contribution in [-0.4, -0.2) is 9.13 Å². The average Bonchev–Trinajstić information content (AvgIpc) is 3.83. The van der Waals surface area contributed by atoms with Crippen molar-refractivity contribution >= 4 is 60.1 Å². The molecule has 0 amide bonds. The summed E-state index contributed by atoms with van der Waals surface area (Å²) >= 11 is 0. The van der Waals surface area contributed by atoms with Crippen molar-refractivity contribution < 1.29 is 0 Å². The molecule has 0 bridgehead atoms. The highest BCUT2D eigenvalue weighted by Gasteiger charge is 2.38. The molecule has 2 aromatic heterocycles. The molecule has 1 aliphatic rings. The van der Waals surface area contributed by atoms with Crippen LogP contribution in [0.4, 0.5) is 5.69 Å². The van der Waals surface area contributed by atoms with E-state index in [2.05, 4.69) is 173 Å². The number of nitriles is 1. The molecule has 0 unspecified atom stereocenters. The van der Waals surface area contributed by atoms with Gasteiger partial charge < -0.3 is 9.13 Å². The molecule has 11 rings (SSSR count). The number of benzene rings is 8. The van der Waals surface area contributed by atoms with E-state index in [1.54, 1.807) is 0 Å². The highest BCUT2D eigenvalue weighted by molar-refractivity contribution is 6.22. The summed E-state index contributed by atoms with van der Waals surface area (Å²) in [7, 11) is 0. The molecule has 0 aliphatic heterocycles. The molecule has 0 atom stereocenters. The molecule has 0 fully saturated rings. The summed E-state index contributed by atoms with van der Waals surface area (Å²) < 4.78 is 4.38. The van der Waals surface area contributed by atoms with E-state index < -0.39 is 0 Å². The van der Waals surface area contributed by atoms with Crippen molar-refractivity contribution in [2.75, 3.05) is 0 Å². The number of rotatable bonds is 3. The van der Waals surface area contributed by atoms with Crippen molar-refractivity contribution in [3.63, 3.8) is 0 Å². The molecular weight excluding hydrogens is 669 g/mol. The monoisotopic (exact) mass is 700 g/mol. The number of nitrogens with zero attached hydrogens (tertiary/aromatic N) is 4. The topological polar surface area (TPSA) is 38.0 Å². The molecule has 0 N–H and O–H groups in total. The second kappa shape index (κ2) is 11.3. The first kappa shape index (κ1) is 31.2. The van der Waals surface area contributed by atoms with Crippen LogP contribution in [-0.2, 0) is 5.41 Å². The molecule has 8 aromatic carbocycles. The number of hydrogen-bond acceptors (Lipinski definition) is 1. The summed E-state index contributed by atoms with van der Waals surface area (Å²) in [4.78, 5) is 4.19. The Labute approximate surface area is 318 Å². The van der Waals surface area contributed by atoms with Gasteiger partial charge in [-0.1, -0.05) is 129 Å². The number of aromatic nitrogens is 2. The molecule has 1 aliphatic carbocycles. The predicted octanol–water partition coefficient (Wildman–Crippen LogP) is 13.4. The molecule has 10 aromatic rings. The molecule has 4 heteroatoms. The standard InChI is InChI=1S/C51H32N4/c1-51(2)40-19-11-9-17-36(40)37-23-26-45-49(50(37)51)38-18-10-12-20-42(38)55(45)47-28-34(30-52)46(29-41(47)53-3)54-43-24-22-33(31-13-5-4-6-14-31)27-39(43)48-35-16-8-7-15-32(35)21-25-44(48)54/h4-29H,1-2H3. The van der Waals surface area contributed by atoms with Crippen LogP contribution in [0.5, 0.6) is 0 Å². The van der Waals surface area contributed by atoms with E-state index in [0.29, 0.717) is 22.6 Å². The van der Waals surface area contributed by atoms with E-state index in [1.807, 2.05) is 18.2 Å². The van der Waals surface area contributed by atoms with E-state index in [9.17, 15) is 5.26 Å². The van der Waals surface area contributed by atoms with Crippen molar-refractivity contribution in [2.24, 2.45) is 0 Å². The second-order valence-corrected chi connectivity index (χ2v) is 15.1. The third-order valence-electron chi connectivity index (χ3n) is 11.9. The lowest BCUT2D eigenvalue weighted by Crippen LogP contribution is -2.15. The van der Waals surface area contributed by atoms with Crippen LogP contribution in [0.25, 0.3) is 92.9 Å². The first-order valence-corrected chi connectivity index (χ1v) is 18.6. The minimum absolute atomic E-state index is 0.216. The fraction of sp³-hybridized carbons (Fsp3) is 0.0588. The first-order valence-electron chi connectivity index (χ1n) is 18.6. The SMILES string of the molecule is [C-]#[N+]c1cc(-n2c3ccc(-c4ccccc4)cc3c3c4ccccc4ccc32)c(C#N)cc1-n1c2ccccc2c2c3c(ccc21)-c1ccccc1C3(C)C. The Kier molecular flexibility index (Phi) is 6.40. The fourth-order valence-electron chi connectivity index (χ4n) is 9.56. The van der Waals surface area contributed by atoms with Gasteiger partial charge >= 0.3 is 0 Å². The molecule has 0 spiro atoms. The van der Waals surface area contributed by atoms with E-state index in [1.165, 1.54) is 27.6 Å². The van der Waals surface area contributed by atoms with Crippen LogP contribution in [0.3, 0.4) is 0 Å². The predicted molar refractivity (Wildman–Crippen MR) is 227 cm³/mol. The summed E-state index contributed by atoms with van der Waals surface area (Å²) in [5, 5.41) is 17.8. The van der Waals surface area contributed by atoms with Crippen LogP contribution in [0.1, 0.15) is 30.5 Å². The molecular formula is C51H32N4. The van der Waals surface area contributed by atoms with E-state index in [0.717, 1.165) is 60.1 Å². The lowest BCUT2D eigenvalue weighted by molar-refractivity contribution is 0.666. The lowest BCUT2D eigenvalue weighted by Gasteiger charge is -2.22. The molecule has 2 heterocycles. The fourth-order valence-corrected chi connectivity index (χ4v) is 9.56. The molecule has 0 saturated carbocycles. The quantitative estimate of drug-likeness (QED) is 0.169. The number of para-hydroxylation sites is 1. The summed E-state index contributed by atoms with van der Waals surface area (Å²) in [5.41, 5.74) is 13.6. The van der Waals surface area contributed by atoms with Gasteiger partial charge in [-0.3, -0.25) is 0 Å². The zero-order valence-corrected chi connectivity index (χ0v) is 30.3. The Morgan fingerprint density at radius 2 is 1.22 bits per heavy atom. The Morgan fingerprint density at radius 3 is 2.05 bits per heavy atom. The highest BCUT2D eigenvalue weighted by Crippen LogP contribution is 2.53. The van der Waals surface area contributed by atoms with Crippen molar-refractivity contribution in [2.45, 2.75) is 19.3 Å². The Morgan fingerprint density at radius 1 is 0.545 bits per heavy atom. The molecule has 0 radical (unpaired) electrons. The van der Waals surface area contributed by atoms with E-state index >= 15 is 0 Å². The zero-order chi connectivity index (χ0) is 37.0. The Bertz CT molecular complexity index is 3360. The van der Waals surface area contributed by atoms with Gasteiger partial charge in [-0.2, -0.15) is 5.26 Å². The van der Waals surface area contributed by atoms with Crippen LogP contribution in [0.2, 0.25) is 0 Å². The van der Waals surface area contributed by atoms with E-state index in [-0.39, 0.29) is 5.41 Å². The van der Waals surface area contributed by atoms with Crippen molar-refractivity contribution in [3.8, 4) is 39.7 Å². The van der Waals surface area contributed by atoms with Crippen molar-refractivity contribution in [3.05, 3.63) is 186 Å². The molecule has 256 valence electrons. The molecule has 0 saturated heterocycles. The smallest absolute Gasteiger partial charge is 0.212 e. The van der Waals surface area contributed by atoms with E-state index in [4.69, 9.17) is 6.57 Å². The summed E-state index contributed by atoms with van der Waals surface area (Å²) in [6.07, 6.45) is 0. The van der Waals surface area contributed by atoms with Gasteiger partial charge in [-0.25, -0.2) is 4.85 Å². The summed E-state index contributed by atoms with van der Waals surface area (Å²) in [6.45, 7) is 13.2. The zero-order valence-electron chi connectivity index (χ0n) is 30.3. The maximum Gasteiger partial charge on any atom is 0.212 e. The first-order chi connectivity index (χ1) is 27.0. The van der Waals surface area contributed by atoms with Gasteiger partial charge in [0.25, 0.3) is 0 Å². The van der Waals surface area contributed by atoms with Gasteiger partial charge in [0.05, 0.1) is 45.6 Å². The lowest BCUT2D eigenvalue weighted by atomic mass is 9.80. The average molecular weight is 701 g/mol. The maximum absolute atomic E-state index is 11.0. The molecule has 55 heavy (non-hydrogen) atoms. The molecule has 4 nitrogen and oxygen atoms in total. The third kappa shape index (κ3) is 4.20. The van der Waals surface area contributed by atoms with Gasteiger partial charge in [-0.15, -0.1) is 0 Å². The number of hydrogen-bond donors (Lipinski definition) is 0. The van der Waals surface area contributed by atoms with Crippen molar-refractivity contribution in [1.82, 2.24) is 9.13 Å². The van der Waals surface area contributed by atoms with Crippen LogP contribution in [0.15, 0.2) is 158 Å². The maximum atomic E-state index is 11.0. The van der Waals surface area contributed by atoms with Gasteiger partial charge in [0.1, 0.15) is 6.07 Å². The largest absolute Gasteiger partial charge is 0.319 e. The van der Waals surface area contributed by atoms with Crippen LogP contribution < -0.4 is 0 Å². The number of fused-ring (bicyclic) bond motifs is 12. The minimum atomic E-state index is -0.216. The van der Waals surface area contributed by atoms with Gasteiger partial charge in [-0.05, 0) is 86.6 Å². The highest BCUT2D eigenvalue weighted by atomic mass is 15.0. The van der Waals surface area contributed by atoms with Gasteiger partial charge in [0.2, 0.25) is 5.69 Å². The van der Waals surface area contributed by atoms with Crippen LogP contribution >= 0.6 is 0 Å². The summed E-state index contributed by atoms with van der Waals surface area (Å²) in [6, 6.07) is 57.8. The minimum Gasteiger partial charge on any atom is -0.319 e. The van der Waals surface area contributed by atoms with Gasteiger partial charge in [0.15, 0.2) is 0 Å².